The molecule has 2 heterocycles. The summed E-state index contributed by atoms with van der Waals surface area (Å²) in [6.45, 7) is 1.99. The molecule has 3 nitrogen and oxygen atoms in total. The van der Waals surface area contributed by atoms with E-state index >= 15 is 0 Å². The summed E-state index contributed by atoms with van der Waals surface area (Å²) in [4.78, 5) is 17.6. The topological polar surface area (TPSA) is 42.0 Å². The molecule has 1 N–H and O–H groups in total. The first-order valence-corrected chi connectivity index (χ1v) is 10.5. The fourth-order valence-electron chi connectivity index (χ4n) is 2.09. The van der Waals surface area contributed by atoms with Crippen molar-refractivity contribution >= 4 is 57.6 Å². The van der Waals surface area contributed by atoms with Crippen LogP contribution < -0.4 is 5.32 Å². The molecule has 0 radical (unpaired) electrons. The quantitative estimate of drug-likeness (QED) is 0.582. The molecule has 3 rings (SSSR count). The van der Waals surface area contributed by atoms with E-state index in [2.05, 4.69) is 10.3 Å². The van der Waals surface area contributed by atoms with Crippen LogP contribution in [-0.2, 0) is 10.5 Å². The molecule has 0 saturated carbocycles. The molecule has 1 amide bonds. The van der Waals surface area contributed by atoms with Gasteiger partial charge >= 0.3 is 0 Å². The van der Waals surface area contributed by atoms with Crippen LogP contribution in [0.5, 0.6) is 0 Å². The fraction of sp³-hybridized carbons (Fsp3) is 0.176. The van der Waals surface area contributed by atoms with E-state index in [9.17, 15) is 4.79 Å². The Morgan fingerprint density at radius 2 is 2.04 bits per heavy atom. The molecule has 0 spiro atoms. The highest BCUT2D eigenvalue weighted by atomic mass is 35.5. The van der Waals surface area contributed by atoms with Crippen molar-refractivity contribution in [3.05, 3.63) is 56.0 Å². The van der Waals surface area contributed by atoms with Crippen molar-refractivity contribution in [1.82, 2.24) is 4.98 Å². The number of nitrogens with one attached hydrogen (secondary N) is 1. The van der Waals surface area contributed by atoms with Gasteiger partial charge in [-0.25, -0.2) is 4.98 Å². The molecular formula is C17H15ClN2OS3. The van der Waals surface area contributed by atoms with Crippen LogP contribution in [0.3, 0.4) is 0 Å². The third-order valence-electron chi connectivity index (χ3n) is 3.19. The van der Waals surface area contributed by atoms with Crippen molar-refractivity contribution in [2.24, 2.45) is 0 Å². The predicted octanol–water partition coefficient (Wildman–Crippen LogP) is 5.71. The standard InChI is InChI=1S/C17H15ClN2OS3/c1-11-19-15(9-23-11)12-2-4-13(5-3-12)20-17(21)10-22-8-14-6-7-16(18)24-14/h2-7,9H,8,10H2,1H3,(H,20,21). The average molecular weight is 395 g/mol. The van der Waals surface area contributed by atoms with Crippen molar-refractivity contribution in [2.45, 2.75) is 12.7 Å². The number of hydrogen-bond acceptors (Lipinski definition) is 5. The normalized spacial score (nSPS) is 10.8. The summed E-state index contributed by atoms with van der Waals surface area (Å²) >= 11 is 10.7. The van der Waals surface area contributed by atoms with Crippen molar-refractivity contribution in [3.8, 4) is 11.3 Å². The Kier molecular flexibility index (Phi) is 5.94. The average Bonchev–Trinajstić information content (AvgIpc) is 3.17. The monoisotopic (exact) mass is 394 g/mol. The minimum atomic E-state index is -0.0000872. The van der Waals surface area contributed by atoms with Gasteiger partial charge in [0.05, 0.1) is 20.8 Å². The maximum Gasteiger partial charge on any atom is 0.234 e. The third-order valence-corrected chi connectivity index (χ3v) is 6.36. The zero-order chi connectivity index (χ0) is 16.9. The van der Waals surface area contributed by atoms with Gasteiger partial charge in [-0.15, -0.1) is 34.4 Å². The number of benzene rings is 1. The first kappa shape index (κ1) is 17.5. The van der Waals surface area contributed by atoms with Crippen LogP contribution >= 0.6 is 46.0 Å². The molecule has 0 fully saturated rings. The second-order valence-corrected chi connectivity index (χ2v) is 8.92. The molecule has 2 aromatic heterocycles. The minimum Gasteiger partial charge on any atom is -0.325 e. The van der Waals surface area contributed by atoms with Crippen LogP contribution in [0.1, 0.15) is 9.88 Å². The Morgan fingerprint density at radius 1 is 1.25 bits per heavy atom. The van der Waals surface area contributed by atoms with E-state index in [1.807, 2.05) is 48.7 Å². The van der Waals surface area contributed by atoms with Gasteiger partial charge in [-0.05, 0) is 31.2 Å². The summed E-state index contributed by atoms with van der Waals surface area (Å²) in [5, 5.41) is 6.00. The highest BCUT2D eigenvalue weighted by molar-refractivity contribution is 7.99. The van der Waals surface area contributed by atoms with Crippen LogP contribution in [0.15, 0.2) is 41.8 Å². The number of rotatable bonds is 6. The van der Waals surface area contributed by atoms with Gasteiger partial charge in [-0.2, -0.15) is 0 Å². The molecular weight excluding hydrogens is 380 g/mol. The highest BCUT2D eigenvalue weighted by Crippen LogP contribution is 2.25. The smallest absolute Gasteiger partial charge is 0.234 e. The van der Waals surface area contributed by atoms with Crippen LogP contribution in [0.2, 0.25) is 4.34 Å². The Morgan fingerprint density at radius 3 is 2.67 bits per heavy atom. The molecule has 0 aliphatic carbocycles. The molecule has 7 heteroatoms. The van der Waals surface area contributed by atoms with Gasteiger partial charge in [-0.3, -0.25) is 4.79 Å². The summed E-state index contributed by atoms with van der Waals surface area (Å²) in [7, 11) is 0. The number of thiazole rings is 1. The highest BCUT2D eigenvalue weighted by Gasteiger charge is 2.06. The SMILES string of the molecule is Cc1nc(-c2ccc(NC(=O)CSCc3ccc(Cl)s3)cc2)cs1. The number of hydrogen-bond donors (Lipinski definition) is 1. The molecule has 3 aromatic rings. The lowest BCUT2D eigenvalue weighted by Gasteiger charge is -2.05. The number of carbonyl (C=O) groups excluding carboxylic acids is 1. The maximum absolute atomic E-state index is 12.0. The fourth-order valence-corrected chi connectivity index (χ4v) is 4.74. The Hall–Kier alpha value is -1.34. The Bertz CT molecular complexity index is 826. The van der Waals surface area contributed by atoms with Crippen molar-refractivity contribution in [1.29, 1.82) is 0 Å². The largest absolute Gasteiger partial charge is 0.325 e. The van der Waals surface area contributed by atoms with Crippen LogP contribution in [0.25, 0.3) is 11.3 Å². The number of aromatic nitrogens is 1. The number of thioether (sulfide) groups is 1. The van der Waals surface area contributed by atoms with Crippen molar-refractivity contribution < 1.29 is 4.79 Å². The van der Waals surface area contributed by atoms with Crippen LogP contribution in [0, 0.1) is 6.92 Å². The van der Waals surface area contributed by atoms with E-state index in [0.717, 1.165) is 32.0 Å². The number of nitrogens with zero attached hydrogens (tertiary/aromatic N) is 1. The zero-order valence-corrected chi connectivity index (χ0v) is 16.1. The lowest BCUT2D eigenvalue weighted by Crippen LogP contribution is -2.13. The minimum absolute atomic E-state index is 0.0000872. The lowest BCUT2D eigenvalue weighted by molar-refractivity contribution is -0.113. The Labute approximate surface area is 158 Å². The third kappa shape index (κ3) is 4.83. The van der Waals surface area contributed by atoms with Gasteiger partial charge in [0.25, 0.3) is 0 Å². The van der Waals surface area contributed by atoms with E-state index in [1.54, 1.807) is 34.4 Å². The lowest BCUT2D eigenvalue weighted by atomic mass is 10.1. The molecule has 0 atom stereocenters. The van der Waals surface area contributed by atoms with E-state index in [4.69, 9.17) is 11.6 Å². The number of aryl methyl sites for hydroxylation is 1. The summed E-state index contributed by atoms with van der Waals surface area (Å²) in [6.07, 6.45) is 0. The second kappa shape index (κ2) is 8.16. The van der Waals surface area contributed by atoms with E-state index < -0.39 is 0 Å². The first-order valence-electron chi connectivity index (χ1n) is 7.24. The van der Waals surface area contributed by atoms with Crippen LogP contribution in [0.4, 0.5) is 5.69 Å². The molecule has 124 valence electrons. The summed E-state index contributed by atoms with van der Waals surface area (Å²) in [6, 6.07) is 11.7. The van der Waals surface area contributed by atoms with E-state index in [0.29, 0.717) is 5.75 Å². The van der Waals surface area contributed by atoms with Gasteiger partial charge in [0, 0.05) is 27.3 Å². The number of thiophene rings is 1. The van der Waals surface area contributed by atoms with E-state index in [-0.39, 0.29) is 5.91 Å². The molecule has 0 saturated heterocycles. The van der Waals surface area contributed by atoms with Crippen molar-refractivity contribution in [3.63, 3.8) is 0 Å². The Balaban J connectivity index is 1.49. The molecule has 0 bridgehead atoms. The summed E-state index contributed by atoms with van der Waals surface area (Å²) in [5.41, 5.74) is 2.83. The maximum atomic E-state index is 12.0. The molecule has 1 aromatic carbocycles. The number of carbonyl (C=O) groups is 1. The van der Waals surface area contributed by atoms with Gasteiger partial charge < -0.3 is 5.32 Å². The molecule has 0 aliphatic heterocycles. The van der Waals surface area contributed by atoms with E-state index in [1.165, 1.54) is 4.88 Å². The summed E-state index contributed by atoms with van der Waals surface area (Å²) in [5.74, 6) is 1.22. The van der Waals surface area contributed by atoms with Crippen molar-refractivity contribution in [2.75, 3.05) is 11.1 Å². The van der Waals surface area contributed by atoms with Gasteiger partial charge in [0.15, 0.2) is 0 Å². The predicted molar refractivity (Wildman–Crippen MR) is 106 cm³/mol. The molecule has 0 aliphatic rings. The molecule has 24 heavy (non-hydrogen) atoms. The van der Waals surface area contributed by atoms with Gasteiger partial charge in [0.2, 0.25) is 5.91 Å². The summed E-state index contributed by atoms with van der Waals surface area (Å²) < 4.78 is 0.783. The van der Waals surface area contributed by atoms with Gasteiger partial charge in [-0.1, -0.05) is 23.7 Å². The van der Waals surface area contributed by atoms with Gasteiger partial charge in [0.1, 0.15) is 0 Å². The number of amides is 1. The molecule has 0 unspecified atom stereocenters. The number of anilines is 1. The first-order chi connectivity index (χ1) is 11.6. The number of halogens is 1. The second-order valence-electron chi connectivity index (χ2n) is 5.08. The van der Waals surface area contributed by atoms with Crippen LogP contribution in [-0.4, -0.2) is 16.6 Å². The zero-order valence-electron chi connectivity index (χ0n) is 12.9.